The molecule has 2 aromatic rings. The van der Waals surface area contributed by atoms with Crippen LogP contribution in [-0.2, 0) is 4.79 Å². The SMILES string of the molecule is O=C1S/C(=C\c2ccccc2)C(=O)N1c1cccc(O)c1. The second kappa shape index (κ2) is 5.46. The summed E-state index contributed by atoms with van der Waals surface area (Å²) in [6.45, 7) is 0. The summed E-state index contributed by atoms with van der Waals surface area (Å²) in [5, 5.41) is 9.11. The number of thioether (sulfide) groups is 1. The van der Waals surface area contributed by atoms with Gasteiger partial charge in [-0.25, -0.2) is 4.90 Å². The molecule has 3 rings (SSSR count). The Kier molecular flexibility index (Phi) is 3.50. The van der Waals surface area contributed by atoms with Gasteiger partial charge in [0.2, 0.25) is 0 Å². The maximum Gasteiger partial charge on any atom is 0.298 e. The van der Waals surface area contributed by atoms with Crippen LogP contribution >= 0.6 is 11.8 Å². The number of imide groups is 1. The van der Waals surface area contributed by atoms with Crippen LogP contribution in [0.3, 0.4) is 0 Å². The van der Waals surface area contributed by atoms with Crippen molar-refractivity contribution in [1.82, 2.24) is 0 Å². The average molecular weight is 297 g/mol. The van der Waals surface area contributed by atoms with Crippen molar-refractivity contribution in [2.75, 3.05) is 4.90 Å². The van der Waals surface area contributed by atoms with Crippen LogP contribution in [0.1, 0.15) is 5.56 Å². The van der Waals surface area contributed by atoms with Crippen molar-refractivity contribution in [3.05, 3.63) is 65.1 Å². The van der Waals surface area contributed by atoms with E-state index in [2.05, 4.69) is 0 Å². The van der Waals surface area contributed by atoms with Gasteiger partial charge in [0.1, 0.15) is 5.75 Å². The van der Waals surface area contributed by atoms with Crippen LogP contribution in [0.15, 0.2) is 59.5 Å². The van der Waals surface area contributed by atoms with Gasteiger partial charge >= 0.3 is 0 Å². The van der Waals surface area contributed by atoms with Gasteiger partial charge in [-0.2, -0.15) is 0 Å². The Bertz CT molecular complexity index is 740. The molecule has 1 aliphatic heterocycles. The third-order valence-electron chi connectivity index (χ3n) is 2.98. The third-order valence-corrected chi connectivity index (χ3v) is 3.85. The summed E-state index contributed by atoms with van der Waals surface area (Å²) in [6.07, 6.45) is 1.69. The molecule has 1 saturated heterocycles. The summed E-state index contributed by atoms with van der Waals surface area (Å²) in [5.41, 5.74) is 1.23. The van der Waals surface area contributed by atoms with Crippen molar-refractivity contribution < 1.29 is 14.7 Å². The fourth-order valence-corrected chi connectivity index (χ4v) is 2.86. The lowest BCUT2D eigenvalue weighted by molar-refractivity contribution is -0.113. The zero-order valence-corrected chi connectivity index (χ0v) is 11.7. The topological polar surface area (TPSA) is 57.6 Å². The molecule has 1 aliphatic rings. The molecule has 0 bridgehead atoms. The number of hydrogen-bond acceptors (Lipinski definition) is 4. The van der Waals surface area contributed by atoms with Crippen LogP contribution in [0.5, 0.6) is 5.75 Å². The molecule has 0 spiro atoms. The van der Waals surface area contributed by atoms with Crippen molar-refractivity contribution in [3.8, 4) is 5.75 Å². The summed E-state index contributed by atoms with van der Waals surface area (Å²) >= 11 is 0.894. The van der Waals surface area contributed by atoms with Crippen molar-refractivity contribution in [2.45, 2.75) is 0 Å². The summed E-state index contributed by atoms with van der Waals surface area (Å²) < 4.78 is 0. The number of aromatic hydroxyl groups is 1. The van der Waals surface area contributed by atoms with Gasteiger partial charge in [0.05, 0.1) is 10.6 Å². The van der Waals surface area contributed by atoms with Crippen molar-refractivity contribution >= 4 is 34.7 Å². The lowest BCUT2D eigenvalue weighted by Gasteiger charge is -2.12. The van der Waals surface area contributed by atoms with Crippen LogP contribution in [-0.4, -0.2) is 16.3 Å². The Labute approximate surface area is 125 Å². The van der Waals surface area contributed by atoms with Crippen LogP contribution in [0, 0.1) is 0 Å². The number of rotatable bonds is 2. The summed E-state index contributed by atoms with van der Waals surface area (Å²) in [7, 11) is 0. The number of carbonyl (C=O) groups is 2. The van der Waals surface area contributed by atoms with E-state index in [4.69, 9.17) is 0 Å². The molecular formula is C16H11NO3S. The quantitative estimate of drug-likeness (QED) is 0.860. The molecule has 0 aromatic heterocycles. The van der Waals surface area contributed by atoms with Gasteiger partial charge in [0, 0.05) is 6.07 Å². The number of amides is 2. The summed E-state index contributed by atoms with van der Waals surface area (Å²) in [4.78, 5) is 25.8. The van der Waals surface area contributed by atoms with Crippen molar-refractivity contribution in [2.24, 2.45) is 0 Å². The number of nitrogens with zero attached hydrogens (tertiary/aromatic N) is 1. The number of hydrogen-bond donors (Lipinski definition) is 1. The molecule has 5 heteroatoms. The Morgan fingerprint density at radius 1 is 1.00 bits per heavy atom. The normalized spacial score (nSPS) is 16.8. The Balaban J connectivity index is 1.94. The molecule has 21 heavy (non-hydrogen) atoms. The Hall–Kier alpha value is -2.53. The minimum Gasteiger partial charge on any atom is -0.508 e. The van der Waals surface area contributed by atoms with Crippen LogP contribution in [0.4, 0.5) is 10.5 Å². The minimum atomic E-state index is -0.376. The first kappa shape index (κ1) is 13.5. The second-order valence-corrected chi connectivity index (χ2v) is 5.44. The highest BCUT2D eigenvalue weighted by atomic mass is 32.2. The predicted molar refractivity (Wildman–Crippen MR) is 83.0 cm³/mol. The van der Waals surface area contributed by atoms with E-state index in [1.807, 2.05) is 30.3 Å². The molecular weight excluding hydrogens is 286 g/mol. The van der Waals surface area contributed by atoms with Gasteiger partial charge in [0.15, 0.2) is 0 Å². The van der Waals surface area contributed by atoms with Crippen molar-refractivity contribution in [3.63, 3.8) is 0 Å². The van der Waals surface area contributed by atoms with E-state index in [1.165, 1.54) is 12.1 Å². The third kappa shape index (κ3) is 2.68. The van der Waals surface area contributed by atoms with Gasteiger partial charge in [-0.3, -0.25) is 9.59 Å². The van der Waals surface area contributed by atoms with E-state index < -0.39 is 0 Å². The predicted octanol–water partition coefficient (Wildman–Crippen LogP) is 3.63. The van der Waals surface area contributed by atoms with Crippen molar-refractivity contribution in [1.29, 1.82) is 0 Å². The first-order valence-electron chi connectivity index (χ1n) is 6.27. The van der Waals surface area contributed by atoms with Crippen LogP contribution in [0.2, 0.25) is 0 Å². The minimum absolute atomic E-state index is 0.0126. The highest BCUT2D eigenvalue weighted by Crippen LogP contribution is 2.36. The highest BCUT2D eigenvalue weighted by Gasteiger charge is 2.36. The fourth-order valence-electron chi connectivity index (χ4n) is 2.02. The molecule has 4 nitrogen and oxygen atoms in total. The lowest BCUT2D eigenvalue weighted by atomic mass is 10.2. The molecule has 1 heterocycles. The van der Waals surface area contributed by atoms with E-state index in [0.717, 1.165) is 22.2 Å². The molecule has 1 N–H and O–H groups in total. The molecule has 0 aliphatic carbocycles. The van der Waals surface area contributed by atoms with E-state index in [1.54, 1.807) is 18.2 Å². The molecule has 2 aromatic carbocycles. The Morgan fingerprint density at radius 2 is 1.76 bits per heavy atom. The number of phenolic OH excluding ortho intramolecular Hbond substituents is 1. The molecule has 2 amide bonds. The maximum atomic E-state index is 12.4. The van der Waals surface area contributed by atoms with E-state index in [-0.39, 0.29) is 16.9 Å². The Morgan fingerprint density at radius 3 is 2.48 bits per heavy atom. The molecule has 0 unspecified atom stereocenters. The second-order valence-electron chi connectivity index (χ2n) is 4.45. The first-order valence-corrected chi connectivity index (χ1v) is 7.09. The zero-order valence-electron chi connectivity index (χ0n) is 10.9. The lowest BCUT2D eigenvalue weighted by Crippen LogP contribution is -2.27. The first-order chi connectivity index (χ1) is 10.1. The number of benzene rings is 2. The summed E-state index contributed by atoms with van der Waals surface area (Å²) in [5.74, 6) is -0.363. The average Bonchev–Trinajstić information content (AvgIpc) is 2.74. The van der Waals surface area contributed by atoms with Gasteiger partial charge in [-0.15, -0.1) is 0 Å². The van der Waals surface area contributed by atoms with Gasteiger partial charge < -0.3 is 5.11 Å². The van der Waals surface area contributed by atoms with Gasteiger partial charge in [-0.1, -0.05) is 36.4 Å². The molecule has 1 fully saturated rings. The fraction of sp³-hybridized carbons (Fsp3) is 0. The van der Waals surface area contributed by atoms with Crippen LogP contribution in [0.25, 0.3) is 6.08 Å². The van der Waals surface area contributed by atoms with E-state index in [9.17, 15) is 14.7 Å². The van der Waals surface area contributed by atoms with E-state index in [0.29, 0.717) is 10.6 Å². The molecule has 0 saturated carbocycles. The highest BCUT2D eigenvalue weighted by molar-refractivity contribution is 8.19. The maximum absolute atomic E-state index is 12.4. The largest absolute Gasteiger partial charge is 0.508 e. The van der Waals surface area contributed by atoms with Crippen LogP contribution < -0.4 is 4.90 Å². The number of anilines is 1. The molecule has 104 valence electrons. The van der Waals surface area contributed by atoms with Gasteiger partial charge in [0.25, 0.3) is 11.1 Å². The molecule has 0 atom stereocenters. The number of carbonyl (C=O) groups excluding carboxylic acids is 2. The van der Waals surface area contributed by atoms with Gasteiger partial charge in [-0.05, 0) is 35.5 Å². The summed E-state index contributed by atoms with van der Waals surface area (Å²) in [6, 6.07) is 15.4. The van der Waals surface area contributed by atoms with E-state index >= 15 is 0 Å². The number of phenols is 1. The monoisotopic (exact) mass is 297 g/mol. The molecule has 0 radical (unpaired) electrons. The smallest absolute Gasteiger partial charge is 0.298 e. The zero-order chi connectivity index (χ0) is 14.8. The standard InChI is InChI=1S/C16H11NO3S/c18-13-8-4-7-12(10-13)17-15(19)14(21-16(17)20)9-11-5-2-1-3-6-11/h1-10,18H/b14-9-.